The summed E-state index contributed by atoms with van der Waals surface area (Å²) in [6, 6.07) is 0. The van der Waals surface area contributed by atoms with Gasteiger partial charge in [-0.2, -0.15) is 0 Å². The first-order valence-corrected chi connectivity index (χ1v) is 7.49. The molecule has 0 aromatic carbocycles. The van der Waals surface area contributed by atoms with E-state index in [0.717, 1.165) is 16.3 Å². The Morgan fingerprint density at radius 2 is 1.91 bits per heavy atom. The number of aryl methyl sites for hydroxylation is 2. The van der Waals surface area contributed by atoms with Gasteiger partial charge in [0, 0.05) is 14.1 Å². The number of hydrogen-bond donors (Lipinski definition) is 1. The van der Waals surface area contributed by atoms with Gasteiger partial charge in [-0.15, -0.1) is 0 Å². The zero-order valence-electron chi connectivity index (χ0n) is 12.7. The summed E-state index contributed by atoms with van der Waals surface area (Å²) >= 11 is 0.999. The molecule has 0 spiro atoms. The van der Waals surface area contributed by atoms with Crippen LogP contribution in [0.2, 0.25) is 0 Å². The third-order valence-corrected chi connectivity index (χ3v) is 4.62. The van der Waals surface area contributed by atoms with Gasteiger partial charge in [0.1, 0.15) is 21.5 Å². The number of carboxylic acid groups (broad SMARTS) is 1. The summed E-state index contributed by atoms with van der Waals surface area (Å²) in [6.45, 7) is 3.38. The summed E-state index contributed by atoms with van der Waals surface area (Å²) in [5, 5.41) is 8.92. The summed E-state index contributed by atoms with van der Waals surface area (Å²) in [5.41, 5.74) is -0.805. The summed E-state index contributed by atoms with van der Waals surface area (Å²) in [5.74, 6) is -0.600. The maximum Gasteiger partial charge on any atom is 0.332 e. The van der Waals surface area contributed by atoms with Gasteiger partial charge in [0.25, 0.3) is 5.56 Å². The molecular weight excluding hydrogens is 308 g/mol. The van der Waals surface area contributed by atoms with Gasteiger partial charge in [0.15, 0.2) is 5.65 Å². The summed E-state index contributed by atoms with van der Waals surface area (Å²) in [7, 11) is 2.88. The number of carboxylic acids is 1. The van der Waals surface area contributed by atoms with Gasteiger partial charge in [0.2, 0.25) is 0 Å². The van der Waals surface area contributed by atoms with Crippen LogP contribution in [0.25, 0.3) is 11.0 Å². The fraction of sp³-hybridized carbons (Fsp3) is 0.462. The average molecular weight is 324 g/mol. The third kappa shape index (κ3) is 2.63. The monoisotopic (exact) mass is 324 g/mol. The molecule has 118 valence electrons. The lowest BCUT2D eigenvalue weighted by atomic mass is 10.3. The molecule has 0 saturated heterocycles. The van der Waals surface area contributed by atoms with Crippen molar-refractivity contribution >= 4 is 28.8 Å². The van der Waals surface area contributed by atoms with Crippen LogP contribution in [0, 0.1) is 6.92 Å². The largest absolute Gasteiger partial charge is 0.480 e. The van der Waals surface area contributed by atoms with Gasteiger partial charge < -0.3 is 5.11 Å². The molecule has 0 fully saturated rings. The van der Waals surface area contributed by atoms with Crippen LogP contribution >= 0.6 is 11.8 Å². The number of carbonyl (C=O) groups is 1. The van der Waals surface area contributed by atoms with Gasteiger partial charge in [0.05, 0.1) is 0 Å². The van der Waals surface area contributed by atoms with Crippen LogP contribution in [0.3, 0.4) is 0 Å². The van der Waals surface area contributed by atoms with Crippen molar-refractivity contribution in [1.29, 1.82) is 0 Å². The molecule has 2 heterocycles. The Kier molecular flexibility index (Phi) is 4.36. The number of hydrogen-bond acceptors (Lipinski definition) is 6. The van der Waals surface area contributed by atoms with Crippen LogP contribution in [0.4, 0.5) is 0 Å². The highest BCUT2D eigenvalue weighted by molar-refractivity contribution is 8.00. The lowest BCUT2D eigenvalue weighted by molar-refractivity contribution is -0.136. The van der Waals surface area contributed by atoms with Crippen LogP contribution in [-0.4, -0.2) is 35.4 Å². The molecule has 8 nitrogen and oxygen atoms in total. The summed E-state index contributed by atoms with van der Waals surface area (Å²) < 4.78 is 2.23. The Morgan fingerprint density at radius 3 is 2.45 bits per heavy atom. The molecule has 0 saturated carbocycles. The SMILES string of the molecule is CCC(Sc1nc(C)nc2c1c(=O)n(C)c(=O)n2C)C(=O)O. The van der Waals surface area contributed by atoms with Crippen molar-refractivity contribution in [2.24, 2.45) is 14.1 Å². The van der Waals surface area contributed by atoms with E-state index in [2.05, 4.69) is 9.97 Å². The minimum absolute atomic E-state index is 0.167. The van der Waals surface area contributed by atoms with E-state index in [9.17, 15) is 19.5 Å². The minimum Gasteiger partial charge on any atom is -0.480 e. The number of nitrogens with zero attached hydrogens (tertiary/aromatic N) is 4. The summed E-state index contributed by atoms with van der Waals surface area (Å²) in [6.07, 6.45) is 0.386. The molecule has 0 bridgehead atoms. The van der Waals surface area contributed by atoms with Crippen molar-refractivity contribution in [3.05, 3.63) is 26.7 Å². The molecule has 2 aromatic heterocycles. The van der Waals surface area contributed by atoms with Crippen molar-refractivity contribution in [1.82, 2.24) is 19.1 Å². The Balaban J connectivity index is 2.83. The molecule has 1 N–H and O–H groups in total. The van der Waals surface area contributed by atoms with E-state index in [1.807, 2.05) is 0 Å². The number of aromatic nitrogens is 4. The molecular formula is C13H16N4O4S. The first-order chi connectivity index (χ1) is 10.3. The lowest BCUT2D eigenvalue weighted by Crippen LogP contribution is -2.38. The Labute approximate surface area is 129 Å². The molecule has 0 aliphatic carbocycles. The molecule has 0 aliphatic rings. The summed E-state index contributed by atoms with van der Waals surface area (Å²) in [4.78, 5) is 43.9. The maximum atomic E-state index is 12.4. The highest BCUT2D eigenvalue weighted by Gasteiger charge is 2.22. The van der Waals surface area contributed by atoms with E-state index in [-0.39, 0.29) is 16.1 Å². The zero-order valence-corrected chi connectivity index (χ0v) is 13.5. The smallest absolute Gasteiger partial charge is 0.332 e. The van der Waals surface area contributed by atoms with Gasteiger partial charge in [-0.25, -0.2) is 14.8 Å². The Morgan fingerprint density at radius 1 is 1.27 bits per heavy atom. The standard InChI is InChI=1S/C13H16N4O4S/c1-5-7(12(19)20)22-10-8-9(14-6(2)15-10)16(3)13(21)17(4)11(8)18/h7H,5H2,1-4H3,(H,19,20). The van der Waals surface area contributed by atoms with E-state index in [1.165, 1.54) is 18.7 Å². The molecule has 0 amide bonds. The second kappa shape index (κ2) is 5.91. The number of thioether (sulfide) groups is 1. The van der Waals surface area contributed by atoms with Crippen molar-refractivity contribution < 1.29 is 9.90 Å². The van der Waals surface area contributed by atoms with Crippen LogP contribution < -0.4 is 11.2 Å². The minimum atomic E-state index is -0.974. The predicted octanol–water partition coefficient (Wildman–Crippen LogP) is 0.291. The third-order valence-electron chi connectivity index (χ3n) is 3.28. The van der Waals surface area contributed by atoms with E-state index in [0.29, 0.717) is 12.2 Å². The molecule has 1 unspecified atom stereocenters. The van der Waals surface area contributed by atoms with Crippen LogP contribution in [-0.2, 0) is 18.9 Å². The van der Waals surface area contributed by atoms with Crippen LogP contribution in [0.5, 0.6) is 0 Å². The van der Waals surface area contributed by atoms with E-state index in [1.54, 1.807) is 13.8 Å². The Bertz CT molecular complexity index is 871. The van der Waals surface area contributed by atoms with Gasteiger partial charge in [-0.1, -0.05) is 18.7 Å². The van der Waals surface area contributed by atoms with Crippen molar-refractivity contribution in [3.63, 3.8) is 0 Å². The Hall–Kier alpha value is -2.16. The molecule has 1 atom stereocenters. The fourth-order valence-electron chi connectivity index (χ4n) is 2.06. The molecule has 2 rings (SSSR count). The number of rotatable bonds is 4. The zero-order chi connectivity index (χ0) is 16.6. The highest BCUT2D eigenvalue weighted by Crippen LogP contribution is 2.28. The molecule has 0 radical (unpaired) electrons. The highest BCUT2D eigenvalue weighted by atomic mass is 32.2. The fourth-order valence-corrected chi connectivity index (χ4v) is 3.08. The van der Waals surface area contributed by atoms with Crippen molar-refractivity contribution in [3.8, 4) is 0 Å². The van der Waals surface area contributed by atoms with Gasteiger partial charge >= 0.3 is 11.7 Å². The molecule has 22 heavy (non-hydrogen) atoms. The van der Waals surface area contributed by atoms with Crippen LogP contribution in [0.1, 0.15) is 19.2 Å². The normalized spacial score (nSPS) is 12.5. The average Bonchev–Trinajstić information content (AvgIpc) is 2.47. The van der Waals surface area contributed by atoms with Gasteiger partial charge in [-0.05, 0) is 13.3 Å². The number of fused-ring (bicyclic) bond motifs is 1. The first kappa shape index (κ1) is 16.2. The van der Waals surface area contributed by atoms with Crippen molar-refractivity contribution in [2.75, 3.05) is 0 Å². The van der Waals surface area contributed by atoms with Crippen molar-refractivity contribution in [2.45, 2.75) is 30.5 Å². The van der Waals surface area contributed by atoms with E-state index < -0.39 is 22.5 Å². The number of aliphatic carboxylic acids is 1. The molecule has 2 aromatic rings. The van der Waals surface area contributed by atoms with E-state index >= 15 is 0 Å². The quantitative estimate of drug-likeness (QED) is 0.636. The van der Waals surface area contributed by atoms with Crippen LogP contribution in [0.15, 0.2) is 14.6 Å². The second-order valence-corrected chi connectivity index (χ2v) is 6.02. The lowest BCUT2D eigenvalue weighted by Gasteiger charge is -2.13. The first-order valence-electron chi connectivity index (χ1n) is 6.61. The maximum absolute atomic E-state index is 12.4. The second-order valence-electron chi connectivity index (χ2n) is 4.83. The molecule has 0 aliphatic heterocycles. The molecule has 9 heteroatoms. The predicted molar refractivity (Wildman–Crippen MR) is 82.3 cm³/mol. The topological polar surface area (TPSA) is 107 Å². The van der Waals surface area contributed by atoms with E-state index in [4.69, 9.17) is 0 Å². The van der Waals surface area contributed by atoms with Gasteiger partial charge in [-0.3, -0.25) is 18.7 Å².